The molecule has 0 spiro atoms. The molecule has 0 bridgehead atoms. The minimum atomic E-state index is -1.44. The van der Waals surface area contributed by atoms with Crippen LogP contribution in [0, 0.1) is 0 Å². The highest BCUT2D eigenvalue weighted by Gasteiger charge is 2.53. The van der Waals surface area contributed by atoms with Gasteiger partial charge in [0.05, 0.1) is 16.6 Å². The molecule has 5 atom stereocenters. The predicted molar refractivity (Wildman–Crippen MR) is 138 cm³/mol. The summed E-state index contributed by atoms with van der Waals surface area (Å²) in [5, 5.41) is 0.252. The summed E-state index contributed by atoms with van der Waals surface area (Å²) in [6.07, 6.45) is -3.90. The summed E-state index contributed by atoms with van der Waals surface area (Å²) in [6, 6.07) is 9.52. The van der Waals surface area contributed by atoms with E-state index >= 15 is 0 Å². The largest absolute Gasteiger partial charge is 0.463 e. The topological polar surface area (TPSA) is 167 Å². The Hall–Kier alpha value is -4.78. The fourth-order valence-electron chi connectivity index (χ4n) is 4.30. The summed E-state index contributed by atoms with van der Waals surface area (Å²) in [7, 11) is 0. The summed E-state index contributed by atoms with van der Waals surface area (Å²) >= 11 is 0. The Kier molecular flexibility index (Phi) is 8.97. The SMILES string of the molecule is CC(=O)OC[C@@H]1O[C@H](Oc2ccc3c(=O)c(-c4ccccn4)coc3c2)[C@@H](OC(C)=O)[C@@H](OC(C)=O)[C@@H]1OC(C)=O. The van der Waals surface area contributed by atoms with Crippen molar-refractivity contribution in [1.29, 1.82) is 0 Å². The molecule has 2 aromatic heterocycles. The number of hydrogen-bond acceptors (Lipinski definition) is 13. The molecule has 0 N–H and O–H groups in total. The Balaban J connectivity index is 1.70. The van der Waals surface area contributed by atoms with Crippen LogP contribution >= 0.6 is 0 Å². The second kappa shape index (κ2) is 12.6. The summed E-state index contributed by atoms with van der Waals surface area (Å²) in [4.78, 5) is 64.7. The van der Waals surface area contributed by atoms with Crippen LogP contribution in [0.25, 0.3) is 22.2 Å². The van der Waals surface area contributed by atoms with Crippen LogP contribution in [0.2, 0.25) is 0 Å². The van der Waals surface area contributed by atoms with Gasteiger partial charge in [-0.25, -0.2) is 0 Å². The van der Waals surface area contributed by atoms with Crippen molar-refractivity contribution in [2.24, 2.45) is 0 Å². The Morgan fingerprint density at radius 3 is 2.17 bits per heavy atom. The lowest BCUT2D eigenvalue weighted by atomic mass is 9.98. The van der Waals surface area contributed by atoms with Gasteiger partial charge in [0.1, 0.15) is 30.3 Å². The number of pyridine rings is 1. The van der Waals surface area contributed by atoms with Crippen molar-refractivity contribution in [3.8, 4) is 17.0 Å². The number of aromatic nitrogens is 1. The van der Waals surface area contributed by atoms with Gasteiger partial charge in [-0.1, -0.05) is 6.07 Å². The van der Waals surface area contributed by atoms with Gasteiger partial charge in [0, 0.05) is 40.0 Å². The van der Waals surface area contributed by atoms with Crippen LogP contribution in [0.1, 0.15) is 27.7 Å². The zero-order chi connectivity index (χ0) is 29.7. The molecule has 0 amide bonds. The van der Waals surface area contributed by atoms with E-state index in [4.69, 9.17) is 32.8 Å². The Labute approximate surface area is 233 Å². The number of nitrogens with zero attached hydrogens (tertiary/aromatic N) is 1. The molecule has 13 heteroatoms. The molecule has 41 heavy (non-hydrogen) atoms. The molecule has 0 saturated carbocycles. The first-order valence-electron chi connectivity index (χ1n) is 12.5. The summed E-state index contributed by atoms with van der Waals surface area (Å²) < 4.78 is 38.8. The van der Waals surface area contributed by atoms with Crippen molar-refractivity contribution in [2.45, 2.75) is 58.4 Å². The lowest BCUT2D eigenvalue weighted by molar-refractivity contribution is -0.288. The van der Waals surface area contributed by atoms with E-state index in [0.29, 0.717) is 5.69 Å². The van der Waals surface area contributed by atoms with Gasteiger partial charge in [-0.3, -0.25) is 29.0 Å². The first-order chi connectivity index (χ1) is 19.5. The number of fused-ring (bicyclic) bond motifs is 1. The van der Waals surface area contributed by atoms with E-state index in [2.05, 4.69) is 4.98 Å². The predicted octanol–water partition coefficient (Wildman–Crippen LogP) is 2.32. The van der Waals surface area contributed by atoms with Crippen molar-refractivity contribution in [3.05, 3.63) is 59.1 Å². The van der Waals surface area contributed by atoms with Gasteiger partial charge in [0.15, 0.2) is 12.2 Å². The highest BCUT2D eigenvalue weighted by atomic mass is 16.7. The normalized spacial score (nSPS) is 21.9. The van der Waals surface area contributed by atoms with Crippen molar-refractivity contribution in [3.63, 3.8) is 0 Å². The lowest BCUT2D eigenvalue weighted by Gasteiger charge is -2.43. The van der Waals surface area contributed by atoms with Gasteiger partial charge in [-0.05, 0) is 24.3 Å². The summed E-state index contributed by atoms with van der Waals surface area (Å²) in [5.74, 6) is -2.80. The molecule has 3 heterocycles. The molecule has 1 aliphatic rings. The molecule has 0 radical (unpaired) electrons. The van der Waals surface area contributed by atoms with Crippen molar-refractivity contribution in [1.82, 2.24) is 4.98 Å². The number of rotatable bonds is 8. The van der Waals surface area contributed by atoms with E-state index in [9.17, 15) is 24.0 Å². The van der Waals surface area contributed by atoms with Crippen LogP contribution < -0.4 is 10.2 Å². The maximum Gasteiger partial charge on any atom is 0.303 e. The molecular weight excluding hydrogens is 542 g/mol. The first-order valence-corrected chi connectivity index (χ1v) is 12.5. The Morgan fingerprint density at radius 1 is 0.854 bits per heavy atom. The molecule has 0 aliphatic carbocycles. The van der Waals surface area contributed by atoms with Crippen molar-refractivity contribution >= 4 is 34.8 Å². The minimum absolute atomic E-state index is 0.132. The summed E-state index contributed by atoms with van der Waals surface area (Å²) in [6.45, 7) is 4.13. The minimum Gasteiger partial charge on any atom is -0.463 e. The Bertz CT molecular complexity index is 1500. The van der Waals surface area contributed by atoms with Crippen LogP contribution in [0.4, 0.5) is 0 Å². The summed E-state index contributed by atoms with van der Waals surface area (Å²) in [5.41, 5.74) is 0.578. The van der Waals surface area contributed by atoms with E-state index in [0.717, 1.165) is 20.8 Å². The Morgan fingerprint density at radius 2 is 1.54 bits per heavy atom. The molecular formula is C28H27NO12. The van der Waals surface area contributed by atoms with Crippen LogP contribution in [-0.2, 0) is 42.9 Å². The smallest absolute Gasteiger partial charge is 0.303 e. The van der Waals surface area contributed by atoms with Gasteiger partial charge in [-0.2, -0.15) is 0 Å². The molecule has 0 unspecified atom stereocenters. The van der Waals surface area contributed by atoms with Crippen molar-refractivity contribution < 1.29 is 52.0 Å². The standard InChI is InChI=1S/C28H27NO12/c1-14(30)35-13-23-25(37-15(2)31)26(38-16(3)32)27(39-17(4)33)28(41-23)40-18-8-9-19-22(11-18)36-12-20(24(19)34)21-7-5-6-10-29-21/h5-12,23,25-28H,13H2,1-4H3/t23-,25+,26-,27-,28-/m0/s1. The third-order valence-electron chi connectivity index (χ3n) is 5.89. The van der Waals surface area contributed by atoms with Gasteiger partial charge in [0.2, 0.25) is 17.8 Å². The maximum atomic E-state index is 13.1. The quantitative estimate of drug-likeness (QED) is 0.287. The van der Waals surface area contributed by atoms with E-state index in [1.165, 1.54) is 31.4 Å². The molecule has 1 fully saturated rings. The van der Waals surface area contributed by atoms with Gasteiger partial charge in [-0.15, -0.1) is 0 Å². The van der Waals surface area contributed by atoms with E-state index < -0.39 is 61.2 Å². The zero-order valence-corrected chi connectivity index (χ0v) is 22.6. The number of ether oxygens (including phenoxy) is 6. The first kappa shape index (κ1) is 29.2. The highest BCUT2D eigenvalue weighted by Crippen LogP contribution is 2.32. The second-order valence-corrected chi connectivity index (χ2v) is 9.04. The fraction of sp³-hybridized carbons (Fsp3) is 0.357. The monoisotopic (exact) mass is 569 g/mol. The molecule has 1 saturated heterocycles. The average molecular weight is 570 g/mol. The van der Waals surface area contributed by atoms with Crippen LogP contribution in [0.5, 0.6) is 5.75 Å². The molecule has 13 nitrogen and oxygen atoms in total. The lowest BCUT2D eigenvalue weighted by Crippen LogP contribution is -2.63. The van der Waals surface area contributed by atoms with Gasteiger partial charge >= 0.3 is 23.9 Å². The van der Waals surface area contributed by atoms with Gasteiger partial charge in [0.25, 0.3) is 0 Å². The van der Waals surface area contributed by atoms with E-state index in [-0.39, 0.29) is 27.7 Å². The number of carbonyl (C=O) groups excluding carboxylic acids is 4. The third-order valence-corrected chi connectivity index (χ3v) is 5.89. The molecule has 3 aromatic rings. The second-order valence-electron chi connectivity index (χ2n) is 9.04. The van der Waals surface area contributed by atoms with Crippen LogP contribution in [0.3, 0.4) is 0 Å². The zero-order valence-electron chi connectivity index (χ0n) is 22.6. The third kappa shape index (κ3) is 7.06. The number of benzene rings is 1. The van der Waals surface area contributed by atoms with E-state index in [1.54, 1.807) is 24.4 Å². The fourth-order valence-corrected chi connectivity index (χ4v) is 4.30. The molecule has 216 valence electrons. The van der Waals surface area contributed by atoms with Crippen LogP contribution in [0.15, 0.2) is 58.1 Å². The highest BCUT2D eigenvalue weighted by molar-refractivity contribution is 5.82. The molecule has 1 aliphatic heterocycles. The van der Waals surface area contributed by atoms with E-state index in [1.807, 2.05) is 0 Å². The average Bonchev–Trinajstić information content (AvgIpc) is 2.91. The number of esters is 4. The molecule has 1 aromatic carbocycles. The van der Waals surface area contributed by atoms with Gasteiger partial charge < -0.3 is 32.8 Å². The molecule has 4 rings (SSSR count). The van der Waals surface area contributed by atoms with Crippen LogP contribution in [-0.4, -0.2) is 66.2 Å². The number of carbonyl (C=O) groups is 4. The number of hydrogen-bond donors (Lipinski definition) is 0. The maximum absolute atomic E-state index is 13.1. The van der Waals surface area contributed by atoms with Crippen molar-refractivity contribution in [2.75, 3.05) is 6.61 Å².